The van der Waals surface area contributed by atoms with Gasteiger partial charge in [0.1, 0.15) is 5.75 Å². The number of nitrogens with zero attached hydrogens (tertiary/aromatic N) is 4. The van der Waals surface area contributed by atoms with Crippen LogP contribution in [0.2, 0.25) is 0 Å². The Morgan fingerprint density at radius 1 is 1.19 bits per heavy atom. The maximum absolute atomic E-state index is 12.9. The van der Waals surface area contributed by atoms with E-state index < -0.39 is 11.1 Å². The van der Waals surface area contributed by atoms with Crippen molar-refractivity contribution >= 4 is 23.1 Å². The molecule has 2 aliphatic rings. The highest BCUT2D eigenvalue weighted by molar-refractivity contribution is 6.08. The number of hydrazone groups is 1. The maximum atomic E-state index is 12.9. The summed E-state index contributed by atoms with van der Waals surface area (Å²) in [6.07, 6.45) is 2.64. The fourth-order valence-electron chi connectivity index (χ4n) is 2.97. The number of rotatable bonds is 4. The monoisotopic (exact) mass is 365 g/mol. The molecule has 4 rings (SSSR count). The zero-order chi connectivity index (χ0) is 19.0. The first-order chi connectivity index (χ1) is 13.1. The quantitative estimate of drug-likeness (QED) is 0.657. The second-order valence-corrected chi connectivity index (χ2v) is 5.89. The van der Waals surface area contributed by atoms with Crippen LogP contribution in [0.5, 0.6) is 5.75 Å². The van der Waals surface area contributed by atoms with E-state index in [1.165, 1.54) is 17.0 Å². The third kappa shape index (κ3) is 2.84. The Kier molecular flexibility index (Phi) is 3.96. The van der Waals surface area contributed by atoms with E-state index in [1.807, 2.05) is 0 Å². The summed E-state index contributed by atoms with van der Waals surface area (Å²) in [7, 11) is 1.58. The predicted molar refractivity (Wildman–Crippen MR) is 98.0 cm³/mol. The van der Waals surface area contributed by atoms with Gasteiger partial charge < -0.3 is 4.74 Å². The molecule has 0 bridgehead atoms. The lowest BCUT2D eigenvalue weighted by molar-refractivity contribution is -0.384. The summed E-state index contributed by atoms with van der Waals surface area (Å²) in [4.78, 5) is 26.6. The van der Waals surface area contributed by atoms with Crippen LogP contribution in [0, 0.1) is 10.1 Å². The molecule has 0 saturated heterocycles. The van der Waals surface area contributed by atoms with Crippen LogP contribution in [0.15, 0.2) is 66.0 Å². The molecule has 136 valence electrons. The summed E-state index contributed by atoms with van der Waals surface area (Å²) in [5.74, 6) is 0.929. The van der Waals surface area contributed by atoms with E-state index in [-0.39, 0.29) is 11.6 Å². The average Bonchev–Trinajstić information content (AvgIpc) is 3.13. The van der Waals surface area contributed by atoms with Crippen molar-refractivity contribution in [1.82, 2.24) is 10.3 Å². The third-order valence-electron chi connectivity index (χ3n) is 4.33. The molecule has 1 amide bonds. The van der Waals surface area contributed by atoms with Gasteiger partial charge >= 0.3 is 0 Å². The smallest absolute Gasteiger partial charge is 0.276 e. The number of methoxy groups -OCH3 is 1. The number of hydrogen-bond acceptors (Lipinski definition) is 7. The lowest BCUT2D eigenvalue weighted by atomic mass is 10.1. The fourth-order valence-corrected chi connectivity index (χ4v) is 2.97. The first-order valence-corrected chi connectivity index (χ1v) is 8.10. The van der Waals surface area contributed by atoms with E-state index in [0.717, 1.165) is 0 Å². The lowest BCUT2D eigenvalue weighted by Gasteiger charge is -2.32. The minimum absolute atomic E-state index is 0.0363. The second kappa shape index (κ2) is 6.45. The highest BCUT2D eigenvalue weighted by atomic mass is 16.6. The summed E-state index contributed by atoms with van der Waals surface area (Å²) in [5, 5.41) is 15.2. The van der Waals surface area contributed by atoms with E-state index in [0.29, 0.717) is 22.8 Å². The first kappa shape index (κ1) is 16.6. The van der Waals surface area contributed by atoms with Gasteiger partial charge in [-0.05, 0) is 24.3 Å². The molecule has 0 saturated carbocycles. The minimum Gasteiger partial charge on any atom is -0.497 e. The Balaban J connectivity index is 1.61. The Bertz CT molecular complexity index is 970. The zero-order valence-corrected chi connectivity index (χ0v) is 14.3. The number of benzene rings is 2. The largest absolute Gasteiger partial charge is 0.497 e. The van der Waals surface area contributed by atoms with Crippen molar-refractivity contribution in [3.8, 4) is 5.75 Å². The Morgan fingerprint density at radius 3 is 2.67 bits per heavy atom. The number of nitro benzene ring substituents is 1. The van der Waals surface area contributed by atoms with Crippen LogP contribution in [-0.4, -0.2) is 34.8 Å². The molecule has 1 atom stereocenters. The summed E-state index contributed by atoms with van der Waals surface area (Å²) in [6, 6.07) is 13.3. The molecule has 2 heterocycles. The summed E-state index contributed by atoms with van der Waals surface area (Å²) in [5.41, 5.74) is 4.02. The van der Waals surface area contributed by atoms with Gasteiger partial charge in [0.2, 0.25) is 6.17 Å². The molecule has 0 radical (unpaired) electrons. The van der Waals surface area contributed by atoms with Gasteiger partial charge in [-0.2, -0.15) is 5.10 Å². The molecule has 9 heteroatoms. The minimum atomic E-state index is -0.716. The van der Waals surface area contributed by atoms with Crippen molar-refractivity contribution < 1.29 is 14.5 Å². The molecule has 2 aromatic carbocycles. The molecule has 0 aliphatic carbocycles. The Morgan fingerprint density at radius 2 is 1.96 bits per heavy atom. The van der Waals surface area contributed by atoms with Crippen molar-refractivity contribution in [2.24, 2.45) is 5.10 Å². The molecule has 1 unspecified atom stereocenters. The van der Waals surface area contributed by atoms with Crippen LogP contribution in [0.3, 0.4) is 0 Å². The normalized spacial score (nSPS) is 18.0. The van der Waals surface area contributed by atoms with Crippen LogP contribution in [0.25, 0.3) is 0 Å². The average molecular weight is 365 g/mol. The van der Waals surface area contributed by atoms with Gasteiger partial charge in [0, 0.05) is 35.8 Å². The van der Waals surface area contributed by atoms with Gasteiger partial charge in [0.15, 0.2) is 5.84 Å². The standard InChI is InChI=1S/C18H15N5O4/c1-27-15-7-5-13(6-8-15)21-9-10-22-16(19-20-17(22)18(21)24)12-3-2-4-14(11-12)23(25)26/h2-11,17,20H,1H3. The molecule has 2 aliphatic heterocycles. The number of amidine groups is 1. The van der Waals surface area contributed by atoms with Crippen molar-refractivity contribution in [1.29, 1.82) is 0 Å². The third-order valence-corrected chi connectivity index (χ3v) is 4.33. The number of hydrogen-bond donors (Lipinski definition) is 1. The highest BCUT2D eigenvalue weighted by Gasteiger charge is 2.38. The molecule has 0 fully saturated rings. The number of amides is 1. The number of carbonyl (C=O) groups is 1. The molecule has 0 spiro atoms. The molecular weight excluding hydrogens is 350 g/mol. The van der Waals surface area contributed by atoms with Gasteiger partial charge in [-0.1, -0.05) is 12.1 Å². The summed E-state index contributed by atoms with van der Waals surface area (Å²) < 4.78 is 5.13. The van der Waals surface area contributed by atoms with Crippen molar-refractivity contribution in [3.05, 3.63) is 76.6 Å². The fraction of sp³-hybridized carbons (Fsp3) is 0.111. The van der Waals surface area contributed by atoms with Crippen LogP contribution in [0.1, 0.15) is 5.56 Å². The van der Waals surface area contributed by atoms with Crippen molar-refractivity contribution in [3.63, 3.8) is 0 Å². The number of nitro groups is 1. The van der Waals surface area contributed by atoms with E-state index in [9.17, 15) is 14.9 Å². The number of carbonyl (C=O) groups excluding carboxylic acids is 1. The first-order valence-electron chi connectivity index (χ1n) is 8.10. The van der Waals surface area contributed by atoms with Gasteiger partial charge in [-0.25, -0.2) is 0 Å². The van der Waals surface area contributed by atoms with Crippen LogP contribution in [0.4, 0.5) is 11.4 Å². The summed E-state index contributed by atoms with van der Waals surface area (Å²) >= 11 is 0. The Labute approximate surface area is 154 Å². The molecule has 1 N–H and O–H groups in total. The number of fused-ring (bicyclic) bond motifs is 1. The van der Waals surface area contributed by atoms with E-state index >= 15 is 0 Å². The SMILES string of the molecule is COc1ccc(N2C=CN3C(c4cccc([N+](=O)[O-])c4)=NNC3C2=O)cc1. The maximum Gasteiger partial charge on any atom is 0.276 e. The van der Waals surface area contributed by atoms with E-state index in [4.69, 9.17) is 4.74 Å². The molecule has 0 aromatic heterocycles. The van der Waals surface area contributed by atoms with Gasteiger partial charge in [-0.3, -0.25) is 30.1 Å². The number of nitrogens with one attached hydrogen (secondary N) is 1. The molecule has 9 nitrogen and oxygen atoms in total. The molecular formula is C18H15N5O4. The van der Waals surface area contributed by atoms with Crippen LogP contribution in [-0.2, 0) is 4.79 Å². The van der Waals surface area contributed by atoms with Gasteiger partial charge in [-0.15, -0.1) is 0 Å². The number of ether oxygens (including phenoxy) is 1. The van der Waals surface area contributed by atoms with Crippen LogP contribution >= 0.6 is 0 Å². The molecule has 27 heavy (non-hydrogen) atoms. The second-order valence-electron chi connectivity index (χ2n) is 5.89. The predicted octanol–water partition coefficient (Wildman–Crippen LogP) is 2.01. The van der Waals surface area contributed by atoms with Crippen LogP contribution < -0.4 is 15.1 Å². The van der Waals surface area contributed by atoms with E-state index in [2.05, 4.69) is 10.5 Å². The van der Waals surface area contributed by atoms with E-state index in [1.54, 1.807) is 60.8 Å². The number of anilines is 1. The molecule has 2 aromatic rings. The topological polar surface area (TPSA) is 100 Å². The van der Waals surface area contributed by atoms with Gasteiger partial charge in [0.25, 0.3) is 11.6 Å². The lowest BCUT2D eigenvalue weighted by Crippen LogP contribution is -2.52. The highest BCUT2D eigenvalue weighted by Crippen LogP contribution is 2.26. The van der Waals surface area contributed by atoms with Gasteiger partial charge in [0.05, 0.1) is 12.0 Å². The van der Waals surface area contributed by atoms with Crippen molar-refractivity contribution in [2.45, 2.75) is 6.17 Å². The Hall–Kier alpha value is -3.88. The van der Waals surface area contributed by atoms with Crippen molar-refractivity contribution in [2.75, 3.05) is 12.0 Å². The number of non-ortho nitro benzene ring substituents is 1. The zero-order valence-electron chi connectivity index (χ0n) is 14.3. The summed E-state index contributed by atoms with van der Waals surface area (Å²) in [6.45, 7) is 0.